The fraction of sp³-hybridized carbons (Fsp3) is 1.00. The number of rotatable bonds is 4. The fourth-order valence-corrected chi connectivity index (χ4v) is 3.29. The molecule has 8 nitrogen and oxygen atoms in total. The number of hydrogen-bond donors (Lipinski definition) is 3. The number of hydrogen-bond acceptors (Lipinski definition) is 6. The van der Waals surface area contributed by atoms with E-state index in [1.165, 1.54) is 0 Å². The van der Waals surface area contributed by atoms with Crippen molar-refractivity contribution in [3.05, 3.63) is 0 Å². The van der Waals surface area contributed by atoms with Crippen LogP contribution in [0.4, 0.5) is 0 Å². The molecule has 0 bridgehead atoms. The van der Waals surface area contributed by atoms with E-state index in [2.05, 4.69) is 24.1 Å². The van der Waals surface area contributed by atoms with E-state index in [0.29, 0.717) is 32.2 Å². The standard InChI is InChI=1S/C7H16N2O2S.C3H8N2O2S.ClH/c1-3-6(2)9-4-7(5-9)12(8,10)11;4-8(6,7)3-1-5-2-3;/h6-7H,3-5H2,1-2H3,(H2,8,10,11);3,5H,1-2H2,(H2,4,6,7);1H. The molecule has 0 aliphatic carbocycles. The first-order chi connectivity index (χ1) is 9.05. The molecule has 0 aromatic heterocycles. The van der Waals surface area contributed by atoms with Crippen molar-refractivity contribution in [3.63, 3.8) is 0 Å². The summed E-state index contributed by atoms with van der Waals surface area (Å²) >= 11 is 0. The smallest absolute Gasteiger partial charge is 0.214 e. The molecule has 0 spiro atoms. The number of nitrogens with one attached hydrogen (secondary N) is 1. The van der Waals surface area contributed by atoms with Crippen LogP contribution in [0, 0.1) is 0 Å². The van der Waals surface area contributed by atoms with Gasteiger partial charge >= 0.3 is 0 Å². The molecule has 2 heterocycles. The van der Waals surface area contributed by atoms with Crippen molar-refractivity contribution in [1.29, 1.82) is 0 Å². The summed E-state index contributed by atoms with van der Waals surface area (Å²) in [7, 11) is -6.51. The maximum absolute atomic E-state index is 10.8. The van der Waals surface area contributed by atoms with E-state index < -0.39 is 20.0 Å². The second-order valence-corrected chi connectivity index (χ2v) is 8.98. The number of likely N-dealkylation sites (tertiary alicyclic amines) is 1. The molecule has 1 atom stereocenters. The van der Waals surface area contributed by atoms with Gasteiger partial charge < -0.3 is 5.32 Å². The fourth-order valence-electron chi connectivity index (χ4n) is 1.79. The van der Waals surface area contributed by atoms with Crippen molar-refractivity contribution in [1.82, 2.24) is 10.2 Å². The number of primary sulfonamides is 2. The van der Waals surface area contributed by atoms with Crippen LogP contribution in [0.1, 0.15) is 20.3 Å². The minimum absolute atomic E-state index is 0. The van der Waals surface area contributed by atoms with Crippen molar-refractivity contribution in [3.8, 4) is 0 Å². The third-order valence-electron chi connectivity index (χ3n) is 3.76. The normalized spacial score (nSPS) is 22.1. The maximum Gasteiger partial charge on any atom is 0.214 e. The van der Waals surface area contributed by atoms with Crippen molar-refractivity contribution in [2.45, 2.75) is 36.8 Å². The van der Waals surface area contributed by atoms with E-state index in [1.54, 1.807) is 0 Å². The first-order valence-corrected chi connectivity index (χ1v) is 9.75. The summed E-state index contributed by atoms with van der Waals surface area (Å²) in [4.78, 5) is 2.13. The highest BCUT2D eigenvalue weighted by Gasteiger charge is 2.36. The van der Waals surface area contributed by atoms with Crippen LogP contribution < -0.4 is 15.6 Å². The van der Waals surface area contributed by atoms with Crippen LogP contribution in [0.3, 0.4) is 0 Å². The molecule has 11 heteroatoms. The minimum atomic E-state index is -3.28. The van der Waals surface area contributed by atoms with E-state index in [1.807, 2.05) is 0 Å². The molecule has 2 fully saturated rings. The van der Waals surface area contributed by atoms with Gasteiger partial charge in [0.25, 0.3) is 0 Å². The summed E-state index contributed by atoms with van der Waals surface area (Å²) in [6, 6.07) is 0.475. The van der Waals surface area contributed by atoms with E-state index in [0.717, 1.165) is 6.42 Å². The highest BCUT2D eigenvalue weighted by atomic mass is 35.5. The predicted octanol–water partition coefficient (Wildman–Crippen LogP) is -1.57. The number of halogens is 1. The molecule has 2 saturated heterocycles. The van der Waals surface area contributed by atoms with Gasteiger partial charge in [-0.15, -0.1) is 12.4 Å². The molecule has 2 aliphatic heterocycles. The Morgan fingerprint density at radius 3 is 1.71 bits per heavy atom. The van der Waals surface area contributed by atoms with Gasteiger partial charge in [0, 0.05) is 32.2 Å². The van der Waals surface area contributed by atoms with E-state index >= 15 is 0 Å². The van der Waals surface area contributed by atoms with Crippen LogP contribution in [-0.4, -0.2) is 64.5 Å². The monoisotopic (exact) mass is 364 g/mol. The lowest BCUT2D eigenvalue weighted by Gasteiger charge is -2.41. The van der Waals surface area contributed by atoms with Crippen LogP contribution in [-0.2, 0) is 20.0 Å². The van der Waals surface area contributed by atoms with Crippen molar-refractivity contribution in [2.75, 3.05) is 26.2 Å². The van der Waals surface area contributed by atoms with Crippen LogP contribution in [0.15, 0.2) is 0 Å². The lowest BCUT2D eigenvalue weighted by molar-refractivity contribution is 0.129. The Morgan fingerprint density at radius 1 is 1.10 bits per heavy atom. The molecule has 2 rings (SSSR count). The molecule has 0 amide bonds. The average molecular weight is 365 g/mol. The highest BCUT2D eigenvalue weighted by Crippen LogP contribution is 2.18. The Morgan fingerprint density at radius 2 is 1.52 bits per heavy atom. The SMILES string of the molecule is CCC(C)N1CC(S(N)(=O)=O)C1.Cl.NS(=O)(=O)C1CNC1. The third-order valence-corrected chi connectivity index (χ3v) is 6.25. The molecule has 1 unspecified atom stereocenters. The lowest BCUT2D eigenvalue weighted by atomic mass is 10.1. The molecule has 5 N–H and O–H groups in total. The quantitative estimate of drug-likeness (QED) is 0.551. The Kier molecular flexibility index (Phi) is 8.06. The first kappa shape index (κ1) is 21.0. The molecule has 0 saturated carbocycles. The summed E-state index contributed by atoms with van der Waals surface area (Å²) < 4.78 is 42.3. The van der Waals surface area contributed by atoms with Gasteiger partial charge in [0.1, 0.15) is 5.25 Å². The second kappa shape index (κ2) is 8.04. The minimum Gasteiger partial charge on any atom is -0.314 e. The molecule has 0 radical (unpaired) electrons. The van der Waals surface area contributed by atoms with E-state index in [4.69, 9.17) is 10.3 Å². The average Bonchev–Trinajstić information content (AvgIpc) is 2.07. The van der Waals surface area contributed by atoms with Crippen molar-refractivity contribution < 1.29 is 16.8 Å². The molecular formula is C10H25ClN4O4S2. The van der Waals surface area contributed by atoms with Crippen molar-refractivity contribution >= 4 is 32.5 Å². The summed E-state index contributed by atoms with van der Waals surface area (Å²) in [5.74, 6) is 0. The second-order valence-electron chi connectivity index (χ2n) is 5.29. The zero-order valence-corrected chi connectivity index (χ0v) is 14.7. The van der Waals surface area contributed by atoms with Crippen LogP contribution in [0.2, 0.25) is 0 Å². The zero-order chi connectivity index (χ0) is 15.6. The Balaban J connectivity index is 0.000000390. The van der Waals surface area contributed by atoms with Crippen LogP contribution >= 0.6 is 12.4 Å². The Labute approximate surface area is 133 Å². The van der Waals surface area contributed by atoms with E-state index in [-0.39, 0.29) is 22.9 Å². The zero-order valence-electron chi connectivity index (χ0n) is 12.2. The molecule has 0 aromatic carbocycles. The Bertz CT molecular complexity index is 515. The van der Waals surface area contributed by atoms with Crippen LogP contribution in [0.5, 0.6) is 0 Å². The number of sulfonamides is 2. The lowest BCUT2D eigenvalue weighted by Crippen LogP contribution is -2.59. The van der Waals surface area contributed by atoms with Gasteiger partial charge in [-0.05, 0) is 13.3 Å². The molecular weight excluding hydrogens is 340 g/mol. The van der Waals surface area contributed by atoms with Crippen LogP contribution in [0.25, 0.3) is 0 Å². The number of nitrogens with zero attached hydrogens (tertiary/aromatic N) is 1. The van der Waals surface area contributed by atoms with Gasteiger partial charge in [-0.2, -0.15) is 0 Å². The molecule has 2 aliphatic rings. The highest BCUT2D eigenvalue weighted by molar-refractivity contribution is 7.90. The van der Waals surface area contributed by atoms with Gasteiger partial charge in [0.05, 0.1) is 5.25 Å². The maximum atomic E-state index is 10.8. The van der Waals surface area contributed by atoms with Gasteiger partial charge in [-0.1, -0.05) is 6.92 Å². The third kappa shape index (κ3) is 6.35. The summed E-state index contributed by atoms with van der Waals surface area (Å²) in [6.07, 6.45) is 1.05. The molecule has 0 aromatic rings. The summed E-state index contributed by atoms with van der Waals surface area (Å²) in [5.41, 5.74) is 0. The predicted molar refractivity (Wildman–Crippen MR) is 85.2 cm³/mol. The number of nitrogens with two attached hydrogens (primary N) is 2. The first-order valence-electron chi connectivity index (χ1n) is 6.53. The van der Waals surface area contributed by atoms with Gasteiger partial charge in [0.15, 0.2) is 0 Å². The van der Waals surface area contributed by atoms with Gasteiger partial charge in [0.2, 0.25) is 20.0 Å². The van der Waals surface area contributed by atoms with E-state index in [9.17, 15) is 16.8 Å². The topological polar surface area (TPSA) is 136 Å². The molecule has 128 valence electrons. The summed E-state index contributed by atoms with van der Waals surface area (Å²) in [5, 5.41) is 11.9. The van der Waals surface area contributed by atoms with Gasteiger partial charge in [-0.3, -0.25) is 4.90 Å². The summed E-state index contributed by atoms with van der Waals surface area (Å²) in [6.45, 7) is 6.42. The largest absolute Gasteiger partial charge is 0.314 e. The van der Waals surface area contributed by atoms with Gasteiger partial charge in [-0.25, -0.2) is 27.1 Å². The Hall–Kier alpha value is 0.0300. The van der Waals surface area contributed by atoms with Crippen molar-refractivity contribution in [2.24, 2.45) is 10.3 Å². The molecule has 21 heavy (non-hydrogen) atoms.